The molecule has 0 unspecified atom stereocenters. The molecule has 1 aliphatic heterocycles. The number of nitrogens with zero attached hydrogens (tertiary/aromatic N) is 5. The monoisotopic (exact) mass is 517 g/mol. The molecule has 3 N–H and O–H groups in total. The lowest BCUT2D eigenvalue weighted by molar-refractivity contribution is 0.133. The van der Waals surface area contributed by atoms with Gasteiger partial charge in [-0.2, -0.15) is 4.98 Å². The third-order valence-electron chi connectivity index (χ3n) is 6.53. The molecular weight excluding hydrogens is 485 g/mol. The van der Waals surface area contributed by atoms with Crippen LogP contribution in [-0.2, 0) is 7.05 Å². The van der Waals surface area contributed by atoms with E-state index in [1.807, 2.05) is 0 Å². The van der Waals surface area contributed by atoms with E-state index in [1.54, 1.807) is 37.5 Å². The van der Waals surface area contributed by atoms with Gasteiger partial charge in [0.25, 0.3) is 5.56 Å². The van der Waals surface area contributed by atoms with Crippen LogP contribution in [0.2, 0.25) is 10.0 Å². The number of hydrogen-bond acceptors (Lipinski definition) is 7. The molecule has 0 amide bonds. The van der Waals surface area contributed by atoms with E-state index >= 15 is 0 Å². The molecule has 10 heteroatoms. The van der Waals surface area contributed by atoms with Gasteiger partial charge in [-0.25, -0.2) is 4.98 Å². The van der Waals surface area contributed by atoms with Gasteiger partial charge in [0.2, 0.25) is 5.95 Å². The van der Waals surface area contributed by atoms with Gasteiger partial charge in [0.15, 0.2) is 0 Å². The number of aromatic nitrogens is 3. The van der Waals surface area contributed by atoms with Gasteiger partial charge in [0.1, 0.15) is 5.65 Å². The van der Waals surface area contributed by atoms with Crippen LogP contribution in [0.5, 0.6) is 0 Å². The molecule has 4 rings (SSSR count). The molecule has 8 nitrogen and oxygen atoms in total. The number of fused-ring (bicyclic) bond motifs is 1. The van der Waals surface area contributed by atoms with Crippen LogP contribution in [0.15, 0.2) is 35.3 Å². The Balaban J connectivity index is 1.31. The Bertz CT molecular complexity index is 1190. The van der Waals surface area contributed by atoms with Crippen molar-refractivity contribution in [3.8, 4) is 11.1 Å². The summed E-state index contributed by atoms with van der Waals surface area (Å²) >= 11 is 12.7. The number of hydrogen-bond donors (Lipinski definition) is 2. The van der Waals surface area contributed by atoms with E-state index in [9.17, 15) is 4.79 Å². The quantitative estimate of drug-likeness (QED) is 0.397. The number of nitrogens with two attached hydrogens (primary N) is 1. The van der Waals surface area contributed by atoms with Crippen LogP contribution >= 0.6 is 23.2 Å². The predicted molar refractivity (Wildman–Crippen MR) is 145 cm³/mol. The molecule has 0 bridgehead atoms. The molecule has 1 aliphatic rings. The Kier molecular flexibility index (Phi) is 8.97. The van der Waals surface area contributed by atoms with Crippen molar-refractivity contribution in [1.29, 1.82) is 0 Å². The van der Waals surface area contributed by atoms with Crippen molar-refractivity contribution >= 4 is 40.2 Å². The zero-order valence-corrected chi connectivity index (χ0v) is 21.7. The SMILES string of the molecule is Cn1c(=O)c(-c2c(Cl)cccc2Cl)cc2cnc(NCCCCCN3CCN(CCN)CC3)nc21. The minimum atomic E-state index is -0.207. The summed E-state index contributed by atoms with van der Waals surface area (Å²) in [4.78, 5) is 27.1. The smallest absolute Gasteiger partial charge is 0.259 e. The number of nitrogens with one attached hydrogen (secondary N) is 1. The second kappa shape index (κ2) is 12.1. The first kappa shape index (κ1) is 25.9. The van der Waals surface area contributed by atoms with Gasteiger partial charge >= 0.3 is 0 Å². The van der Waals surface area contributed by atoms with E-state index < -0.39 is 0 Å². The number of pyridine rings is 1. The molecule has 1 saturated heterocycles. The Morgan fingerprint density at radius 1 is 1.03 bits per heavy atom. The van der Waals surface area contributed by atoms with Gasteiger partial charge in [-0.3, -0.25) is 14.3 Å². The summed E-state index contributed by atoms with van der Waals surface area (Å²) in [5.41, 5.74) is 6.96. The van der Waals surface area contributed by atoms with Crippen LogP contribution in [0.1, 0.15) is 19.3 Å². The molecule has 1 aromatic carbocycles. The van der Waals surface area contributed by atoms with Crippen molar-refractivity contribution in [3.05, 3.63) is 50.9 Å². The van der Waals surface area contributed by atoms with Crippen LogP contribution in [0.3, 0.4) is 0 Å². The summed E-state index contributed by atoms with van der Waals surface area (Å²) in [5, 5.41) is 4.90. The number of rotatable bonds is 10. The topological polar surface area (TPSA) is 92.3 Å². The first-order valence-electron chi connectivity index (χ1n) is 12.2. The van der Waals surface area contributed by atoms with Gasteiger partial charge in [-0.15, -0.1) is 0 Å². The van der Waals surface area contributed by atoms with Gasteiger partial charge < -0.3 is 16.0 Å². The zero-order chi connectivity index (χ0) is 24.8. The molecule has 0 radical (unpaired) electrons. The van der Waals surface area contributed by atoms with Crippen LogP contribution in [0, 0.1) is 0 Å². The Hall–Kier alpha value is -2.23. The zero-order valence-electron chi connectivity index (χ0n) is 20.1. The number of unbranched alkanes of at least 4 members (excludes halogenated alkanes) is 2. The third-order valence-corrected chi connectivity index (χ3v) is 7.16. The molecule has 188 valence electrons. The van der Waals surface area contributed by atoms with Gasteiger partial charge in [0.05, 0.1) is 15.6 Å². The molecule has 3 aromatic rings. The van der Waals surface area contributed by atoms with Crippen LogP contribution < -0.4 is 16.6 Å². The largest absolute Gasteiger partial charge is 0.354 e. The van der Waals surface area contributed by atoms with E-state index in [-0.39, 0.29) is 5.56 Å². The molecular formula is C25H33Cl2N7O. The first-order chi connectivity index (χ1) is 17.0. The van der Waals surface area contributed by atoms with E-state index in [1.165, 1.54) is 11.0 Å². The summed E-state index contributed by atoms with van der Waals surface area (Å²) in [6.07, 6.45) is 5.09. The maximum atomic E-state index is 13.1. The van der Waals surface area contributed by atoms with Crippen LogP contribution in [0.25, 0.3) is 22.2 Å². The summed E-state index contributed by atoms with van der Waals surface area (Å²) < 4.78 is 1.52. The Morgan fingerprint density at radius 3 is 2.40 bits per heavy atom. The van der Waals surface area contributed by atoms with Crippen molar-refractivity contribution in [2.75, 3.05) is 57.7 Å². The maximum Gasteiger partial charge on any atom is 0.259 e. The number of anilines is 1. The minimum absolute atomic E-state index is 0.207. The van der Waals surface area contributed by atoms with E-state index in [0.717, 1.165) is 70.6 Å². The highest BCUT2D eigenvalue weighted by Gasteiger charge is 2.17. The number of benzene rings is 1. The van der Waals surface area contributed by atoms with E-state index in [0.29, 0.717) is 32.8 Å². The molecule has 3 heterocycles. The van der Waals surface area contributed by atoms with E-state index in [2.05, 4.69) is 25.1 Å². The molecule has 0 spiro atoms. The van der Waals surface area contributed by atoms with Crippen LogP contribution in [-0.4, -0.2) is 76.7 Å². The Labute approximate surface area is 216 Å². The standard InChI is InChI=1S/C25H33Cl2N7O/c1-32-23-18(16-19(24(32)35)22-20(26)6-5-7-21(22)27)17-30-25(31-23)29-9-3-2-4-10-33-12-14-34(11-8-28)15-13-33/h5-7,16-17H,2-4,8-15,28H2,1H3,(H,29,30,31). The van der Waals surface area contributed by atoms with E-state index in [4.69, 9.17) is 28.9 Å². The highest BCUT2D eigenvalue weighted by atomic mass is 35.5. The van der Waals surface area contributed by atoms with Gasteiger partial charge in [-0.1, -0.05) is 35.7 Å². The van der Waals surface area contributed by atoms with Gasteiger partial charge in [-0.05, 0) is 37.6 Å². The lowest BCUT2D eigenvalue weighted by Gasteiger charge is -2.34. The van der Waals surface area contributed by atoms with Crippen molar-refractivity contribution in [3.63, 3.8) is 0 Å². The fourth-order valence-corrected chi connectivity index (χ4v) is 5.12. The molecule has 1 fully saturated rings. The fraction of sp³-hybridized carbons (Fsp3) is 0.480. The predicted octanol–water partition coefficient (Wildman–Crippen LogP) is 3.46. The highest BCUT2D eigenvalue weighted by Crippen LogP contribution is 2.33. The number of aryl methyl sites for hydroxylation is 1. The average Bonchev–Trinajstić information content (AvgIpc) is 2.85. The summed E-state index contributed by atoms with van der Waals surface area (Å²) in [6, 6.07) is 6.95. The van der Waals surface area contributed by atoms with Crippen molar-refractivity contribution in [1.82, 2.24) is 24.3 Å². The molecule has 2 aromatic heterocycles. The maximum absolute atomic E-state index is 13.1. The summed E-state index contributed by atoms with van der Waals surface area (Å²) in [6.45, 7) is 8.17. The number of piperazine rings is 1. The first-order valence-corrected chi connectivity index (χ1v) is 12.9. The normalized spacial score (nSPS) is 15.1. The van der Waals surface area contributed by atoms with Crippen molar-refractivity contribution < 1.29 is 0 Å². The molecule has 35 heavy (non-hydrogen) atoms. The van der Waals surface area contributed by atoms with Gasteiger partial charge in [0, 0.05) is 70.0 Å². The van der Waals surface area contributed by atoms with Crippen molar-refractivity contribution in [2.24, 2.45) is 12.8 Å². The second-order valence-electron chi connectivity index (χ2n) is 8.95. The molecule has 0 atom stereocenters. The fourth-order valence-electron chi connectivity index (χ4n) is 4.52. The van der Waals surface area contributed by atoms with Crippen molar-refractivity contribution in [2.45, 2.75) is 19.3 Å². The van der Waals surface area contributed by atoms with Crippen LogP contribution in [0.4, 0.5) is 5.95 Å². The summed E-state index contributed by atoms with van der Waals surface area (Å²) in [7, 11) is 1.70. The highest BCUT2D eigenvalue weighted by molar-refractivity contribution is 6.39. The minimum Gasteiger partial charge on any atom is -0.354 e. The lowest BCUT2D eigenvalue weighted by atomic mass is 10.1. The average molecular weight is 518 g/mol. The molecule has 0 aliphatic carbocycles. The lowest BCUT2D eigenvalue weighted by Crippen LogP contribution is -2.47. The second-order valence-corrected chi connectivity index (χ2v) is 9.77. The summed E-state index contributed by atoms with van der Waals surface area (Å²) in [5.74, 6) is 0.520. The molecule has 0 saturated carbocycles. The Morgan fingerprint density at radius 2 is 1.71 bits per heavy atom. The number of halogens is 2. The third kappa shape index (κ3) is 6.32.